The Balaban J connectivity index is 1.56. The second kappa shape index (κ2) is 16.4. The molecule has 1 aliphatic carbocycles. The van der Waals surface area contributed by atoms with Crippen LogP contribution in [0.15, 0.2) is 42.5 Å². The van der Waals surface area contributed by atoms with Crippen molar-refractivity contribution in [2.24, 2.45) is 11.8 Å². The molecule has 2 aromatic carbocycles. The first-order valence-electron chi connectivity index (χ1n) is 17.0. The number of anilines is 1. The average molecular weight is 667 g/mol. The van der Waals surface area contributed by atoms with Crippen molar-refractivity contribution in [1.82, 2.24) is 14.7 Å². The van der Waals surface area contributed by atoms with Crippen molar-refractivity contribution in [3.05, 3.63) is 53.6 Å². The number of hydrogen-bond acceptors (Lipinski definition) is 8. The summed E-state index contributed by atoms with van der Waals surface area (Å²) < 4.78 is 22.3. The molecule has 3 amide bonds. The van der Waals surface area contributed by atoms with Gasteiger partial charge in [-0.05, 0) is 83.4 Å². The van der Waals surface area contributed by atoms with Crippen molar-refractivity contribution in [1.29, 1.82) is 0 Å². The van der Waals surface area contributed by atoms with E-state index in [0.717, 1.165) is 18.4 Å². The number of benzene rings is 2. The molecule has 0 spiro atoms. The molecule has 1 aliphatic heterocycles. The predicted molar refractivity (Wildman–Crippen MR) is 185 cm³/mol. The highest BCUT2D eigenvalue weighted by Gasteiger charge is 2.43. The lowest BCUT2D eigenvalue weighted by Crippen LogP contribution is -2.45. The number of amides is 3. The van der Waals surface area contributed by atoms with Gasteiger partial charge in [-0.25, -0.2) is 4.79 Å². The summed E-state index contributed by atoms with van der Waals surface area (Å²) in [5.41, 5.74) is 7.34. The summed E-state index contributed by atoms with van der Waals surface area (Å²) in [4.78, 5) is 46.7. The topological polar surface area (TPSA) is 124 Å². The van der Waals surface area contributed by atoms with Gasteiger partial charge in [0.05, 0.1) is 20.1 Å². The molecular weight excluding hydrogens is 612 g/mol. The maximum Gasteiger partial charge on any atom is 0.410 e. The summed E-state index contributed by atoms with van der Waals surface area (Å²) in [7, 11) is 3.21. The first-order chi connectivity index (χ1) is 22.8. The molecule has 2 aliphatic rings. The maximum atomic E-state index is 14.1. The molecule has 0 radical (unpaired) electrons. The first-order valence-corrected chi connectivity index (χ1v) is 17.0. The van der Waals surface area contributed by atoms with E-state index in [9.17, 15) is 14.4 Å². The Hall–Kier alpha value is -3.99. The minimum absolute atomic E-state index is 0.0469. The lowest BCUT2D eigenvalue weighted by molar-refractivity contribution is -0.131. The van der Waals surface area contributed by atoms with E-state index in [-0.39, 0.29) is 48.2 Å². The Morgan fingerprint density at radius 1 is 0.958 bits per heavy atom. The number of carbonyl (C=O) groups is 3. The molecule has 0 aromatic heterocycles. The van der Waals surface area contributed by atoms with Gasteiger partial charge in [0.2, 0.25) is 5.91 Å². The Bertz CT molecular complexity index is 1400. The van der Waals surface area contributed by atoms with Gasteiger partial charge in [-0.2, -0.15) is 0 Å². The summed E-state index contributed by atoms with van der Waals surface area (Å²) in [5, 5.41) is 0. The van der Waals surface area contributed by atoms with Crippen LogP contribution in [0, 0.1) is 11.8 Å². The van der Waals surface area contributed by atoms with Crippen molar-refractivity contribution < 1.29 is 33.3 Å². The van der Waals surface area contributed by atoms with Gasteiger partial charge < -0.3 is 39.4 Å². The van der Waals surface area contributed by atoms with Crippen LogP contribution in [-0.2, 0) is 20.7 Å². The van der Waals surface area contributed by atoms with Gasteiger partial charge in [-0.3, -0.25) is 9.59 Å². The summed E-state index contributed by atoms with van der Waals surface area (Å²) in [6, 6.07) is 12.7. The number of methoxy groups -OCH3 is 2. The fourth-order valence-corrected chi connectivity index (χ4v) is 6.16. The molecule has 2 unspecified atom stereocenters. The molecule has 2 fully saturated rings. The van der Waals surface area contributed by atoms with Crippen LogP contribution in [0.5, 0.6) is 11.5 Å². The molecule has 4 rings (SSSR count). The number of carbonyl (C=O) groups excluding carboxylic acids is 3. The van der Waals surface area contributed by atoms with Crippen LogP contribution in [-0.4, -0.2) is 104 Å². The largest absolute Gasteiger partial charge is 0.493 e. The normalized spacial score (nSPS) is 17.7. The van der Waals surface area contributed by atoms with Crippen molar-refractivity contribution in [2.75, 3.05) is 59.3 Å². The Kier molecular flexibility index (Phi) is 12.6. The van der Waals surface area contributed by atoms with Crippen molar-refractivity contribution in [3.63, 3.8) is 0 Å². The SMILES string of the molecule is COCCCOc1cc(C(=O)N(CC2CN(C(=O)OC(C)(C)C)CC2CN(C(=O)Cc2cccc(N)c2)C2CC2)C(C)C)ccc1OC. The molecule has 48 heavy (non-hydrogen) atoms. The van der Waals surface area contributed by atoms with E-state index in [1.807, 2.05) is 68.7 Å². The fraction of sp³-hybridized carbons (Fsp3) is 0.595. The lowest BCUT2D eigenvalue weighted by Gasteiger charge is -2.33. The number of nitrogen functional groups attached to an aromatic ring is 1. The number of nitrogens with zero attached hydrogens (tertiary/aromatic N) is 3. The van der Waals surface area contributed by atoms with E-state index in [0.29, 0.717) is 68.6 Å². The van der Waals surface area contributed by atoms with Gasteiger partial charge >= 0.3 is 6.09 Å². The van der Waals surface area contributed by atoms with E-state index in [1.54, 1.807) is 37.3 Å². The molecule has 11 nitrogen and oxygen atoms in total. The van der Waals surface area contributed by atoms with Gasteiger partial charge in [-0.1, -0.05) is 12.1 Å². The molecule has 0 bridgehead atoms. The molecule has 264 valence electrons. The monoisotopic (exact) mass is 666 g/mol. The van der Waals surface area contributed by atoms with E-state index in [4.69, 9.17) is 24.7 Å². The summed E-state index contributed by atoms with van der Waals surface area (Å²) in [6.45, 7) is 12.3. The van der Waals surface area contributed by atoms with Crippen molar-refractivity contribution in [2.45, 2.75) is 78.0 Å². The van der Waals surface area contributed by atoms with E-state index in [1.165, 1.54) is 0 Å². The molecule has 2 N–H and O–H groups in total. The highest BCUT2D eigenvalue weighted by Crippen LogP contribution is 2.34. The zero-order valence-electron chi connectivity index (χ0n) is 29.7. The highest BCUT2D eigenvalue weighted by atomic mass is 16.6. The van der Waals surface area contributed by atoms with Gasteiger partial charge in [0.15, 0.2) is 11.5 Å². The van der Waals surface area contributed by atoms with Gasteiger partial charge in [-0.15, -0.1) is 0 Å². The predicted octanol–water partition coefficient (Wildman–Crippen LogP) is 5.26. The van der Waals surface area contributed by atoms with Crippen LogP contribution >= 0.6 is 0 Å². The number of hydrogen-bond donors (Lipinski definition) is 1. The van der Waals surface area contributed by atoms with Crippen LogP contribution in [0.4, 0.5) is 10.5 Å². The lowest BCUT2D eigenvalue weighted by atomic mass is 9.93. The van der Waals surface area contributed by atoms with E-state index < -0.39 is 5.60 Å². The fourth-order valence-electron chi connectivity index (χ4n) is 6.16. The molecule has 2 aromatic rings. The summed E-state index contributed by atoms with van der Waals surface area (Å²) in [5.74, 6) is 0.829. The quantitative estimate of drug-likeness (QED) is 0.202. The van der Waals surface area contributed by atoms with Crippen LogP contribution in [0.3, 0.4) is 0 Å². The number of likely N-dealkylation sites (tertiary alicyclic amines) is 1. The zero-order valence-corrected chi connectivity index (χ0v) is 29.7. The molecular formula is C37H54N4O7. The second-order valence-electron chi connectivity index (χ2n) is 14.2. The molecule has 1 saturated carbocycles. The Labute approximate surface area is 285 Å². The molecule has 11 heteroatoms. The van der Waals surface area contributed by atoms with Gasteiger partial charge in [0, 0.05) is 81.5 Å². The molecule has 1 heterocycles. The third-order valence-corrected chi connectivity index (χ3v) is 8.75. The van der Waals surface area contributed by atoms with Crippen LogP contribution in [0.25, 0.3) is 0 Å². The third kappa shape index (κ3) is 10.3. The van der Waals surface area contributed by atoms with Crippen molar-refractivity contribution >= 4 is 23.6 Å². The highest BCUT2D eigenvalue weighted by molar-refractivity contribution is 5.95. The van der Waals surface area contributed by atoms with Gasteiger partial charge in [0.1, 0.15) is 5.60 Å². The number of nitrogens with two attached hydrogens (primary N) is 1. The number of rotatable bonds is 15. The third-order valence-electron chi connectivity index (χ3n) is 8.75. The van der Waals surface area contributed by atoms with E-state index in [2.05, 4.69) is 0 Å². The van der Waals surface area contributed by atoms with E-state index >= 15 is 0 Å². The van der Waals surface area contributed by atoms with Crippen LogP contribution in [0.1, 0.15) is 69.8 Å². The van der Waals surface area contributed by atoms with Gasteiger partial charge in [0.25, 0.3) is 5.91 Å². The van der Waals surface area contributed by atoms with Crippen LogP contribution < -0.4 is 15.2 Å². The molecule has 1 saturated heterocycles. The minimum atomic E-state index is -0.643. The summed E-state index contributed by atoms with van der Waals surface area (Å²) >= 11 is 0. The first kappa shape index (κ1) is 36.8. The second-order valence-corrected chi connectivity index (χ2v) is 14.2. The number of ether oxygens (including phenoxy) is 4. The summed E-state index contributed by atoms with van der Waals surface area (Å²) in [6.07, 6.45) is 2.50. The van der Waals surface area contributed by atoms with Crippen LogP contribution in [0.2, 0.25) is 0 Å². The Morgan fingerprint density at radius 2 is 1.67 bits per heavy atom. The smallest absolute Gasteiger partial charge is 0.410 e. The Morgan fingerprint density at radius 3 is 2.27 bits per heavy atom. The molecule has 2 atom stereocenters. The maximum absolute atomic E-state index is 14.1. The standard InChI is InChI=1S/C37H54N4O7/c1-25(2)40(35(43)27-12-15-32(46-7)33(20-27)47-17-9-16-45-6)23-28-21-39(36(44)48-37(3,4)5)22-29(28)24-41(31-13-14-31)34(42)19-26-10-8-11-30(38)18-26/h8,10-12,15,18,20,25,28-29,31H,9,13-14,16-17,19,21-24,38H2,1-7H3. The average Bonchev–Trinajstić information content (AvgIpc) is 3.78. The van der Waals surface area contributed by atoms with Crippen molar-refractivity contribution in [3.8, 4) is 11.5 Å². The zero-order chi connectivity index (χ0) is 35.0. The minimum Gasteiger partial charge on any atom is -0.493 e.